The van der Waals surface area contributed by atoms with Crippen molar-refractivity contribution in [3.05, 3.63) is 79.6 Å². The van der Waals surface area contributed by atoms with Crippen LogP contribution in [0.4, 0.5) is 0 Å². The fraction of sp³-hybridized carbons (Fsp3) is 0.190. The summed E-state index contributed by atoms with van der Waals surface area (Å²) in [7, 11) is 0. The van der Waals surface area contributed by atoms with E-state index in [4.69, 9.17) is 28.3 Å². The van der Waals surface area contributed by atoms with Gasteiger partial charge in [-0.25, -0.2) is 4.79 Å². The first-order valence-electron chi connectivity index (χ1n) is 8.95. The number of carbonyl (C=O) groups excluding carboxylic acids is 1. The first kappa shape index (κ1) is 19.5. The molecule has 2 unspecified atom stereocenters. The molecule has 1 saturated carbocycles. The summed E-state index contributed by atoms with van der Waals surface area (Å²) in [5.74, 6) is -1.39. The van der Waals surface area contributed by atoms with Crippen LogP contribution in [-0.2, 0) is 11.3 Å². The molecule has 0 aliphatic heterocycles. The SMILES string of the molecule is O=C(O)c1cc2cc(Cl)cc(CNC(=O)C3CC3c3cccc(Cl)c3)c2[nH]c1=O. The molecule has 3 N–H and O–H groups in total. The Morgan fingerprint density at radius 3 is 2.66 bits per heavy atom. The molecule has 2 aromatic carbocycles. The number of aromatic carboxylic acids is 1. The number of hydrogen-bond acceptors (Lipinski definition) is 3. The van der Waals surface area contributed by atoms with Crippen LogP contribution in [0.2, 0.25) is 10.0 Å². The number of carboxylic acids is 1. The Kier molecular flexibility index (Phi) is 5.06. The van der Waals surface area contributed by atoms with Gasteiger partial charge in [-0.05, 0) is 53.8 Å². The Morgan fingerprint density at radius 1 is 1.14 bits per heavy atom. The van der Waals surface area contributed by atoms with E-state index >= 15 is 0 Å². The summed E-state index contributed by atoms with van der Waals surface area (Å²) in [5, 5.41) is 13.5. The minimum atomic E-state index is -1.32. The van der Waals surface area contributed by atoms with Crippen LogP contribution in [0.25, 0.3) is 10.9 Å². The Hall–Kier alpha value is -2.83. The summed E-state index contributed by atoms with van der Waals surface area (Å²) in [4.78, 5) is 38.3. The molecule has 3 aromatic rings. The standard InChI is InChI=1S/C21H16Cl2N2O4/c22-13-3-1-2-10(4-13)15-8-16(15)19(26)24-9-12-6-14(23)5-11-7-17(21(28)29)20(27)25-18(11)12/h1-7,15-16H,8-9H2,(H,24,26)(H,25,27)(H,28,29). The lowest BCUT2D eigenvalue weighted by Crippen LogP contribution is -2.25. The van der Waals surface area contributed by atoms with Gasteiger partial charge in [-0.2, -0.15) is 0 Å². The summed E-state index contributed by atoms with van der Waals surface area (Å²) in [6, 6.07) is 12.0. The minimum absolute atomic E-state index is 0.0902. The predicted molar refractivity (Wildman–Crippen MR) is 111 cm³/mol. The van der Waals surface area contributed by atoms with E-state index in [-0.39, 0.29) is 29.9 Å². The highest BCUT2D eigenvalue weighted by Crippen LogP contribution is 2.48. The second kappa shape index (κ2) is 7.54. The van der Waals surface area contributed by atoms with Crippen molar-refractivity contribution in [2.45, 2.75) is 18.9 Å². The van der Waals surface area contributed by atoms with Crippen molar-refractivity contribution in [1.82, 2.24) is 10.3 Å². The molecule has 0 radical (unpaired) electrons. The normalized spacial score (nSPS) is 17.9. The van der Waals surface area contributed by atoms with Gasteiger partial charge in [0, 0.05) is 27.9 Å². The molecule has 2 atom stereocenters. The molecule has 1 aliphatic carbocycles. The van der Waals surface area contributed by atoms with E-state index in [2.05, 4.69) is 10.3 Å². The number of carboxylic acid groups (broad SMARTS) is 1. The molecular formula is C21H16Cl2N2O4. The first-order valence-corrected chi connectivity index (χ1v) is 9.71. The van der Waals surface area contributed by atoms with Crippen molar-refractivity contribution >= 4 is 46.0 Å². The molecule has 29 heavy (non-hydrogen) atoms. The number of rotatable bonds is 5. The van der Waals surface area contributed by atoms with Crippen LogP contribution in [0.1, 0.15) is 33.8 Å². The lowest BCUT2D eigenvalue weighted by atomic mass is 10.1. The summed E-state index contributed by atoms with van der Waals surface area (Å²) < 4.78 is 0. The third-order valence-corrected chi connectivity index (χ3v) is 5.54. The zero-order valence-electron chi connectivity index (χ0n) is 15.0. The Morgan fingerprint density at radius 2 is 1.93 bits per heavy atom. The number of pyridine rings is 1. The largest absolute Gasteiger partial charge is 0.477 e. The number of aromatic nitrogens is 1. The van der Waals surface area contributed by atoms with Gasteiger partial charge >= 0.3 is 5.97 Å². The zero-order valence-corrected chi connectivity index (χ0v) is 16.6. The highest BCUT2D eigenvalue weighted by Gasteiger charge is 2.43. The van der Waals surface area contributed by atoms with Gasteiger partial charge < -0.3 is 15.4 Å². The Bertz CT molecular complexity index is 1200. The lowest BCUT2D eigenvalue weighted by molar-refractivity contribution is -0.122. The molecule has 1 fully saturated rings. The summed E-state index contributed by atoms with van der Waals surface area (Å²) >= 11 is 12.2. The molecule has 0 bridgehead atoms. The van der Waals surface area contributed by atoms with Crippen molar-refractivity contribution in [3.63, 3.8) is 0 Å². The highest BCUT2D eigenvalue weighted by molar-refractivity contribution is 6.31. The van der Waals surface area contributed by atoms with E-state index in [0.717, 1.165) is 12.0 Å². The summed E-state index contributed by atoms with van der Waals surface area (Å²) in [5.41, 5.74) is 1.03. The monoisotopic (exact) mass is 430 g/mol. The molecule has 0 saturated heterocycles. The van der Waals surface area contributed by atoms with Gasteiger partial charge in [0.2, 0.25) is 5.91 Å². The zero-order chi connectivity index (χ0) is 20.7. The fourth-order valence-corrected chi connectivity index (χ4v) is 4.00. The Balaban J connectivity index is 1.53. The van der Waals surface area contributed by atoms with E-state index in [1.165, 1.54) is 6.07 Å². The predicted octanol–water partition coefficient (Wildman–Crippen LogP) is 3.95. The smallest absolute Gasteiger partial charge is 0.341 e. The number of halogens is 2. The number of carbonyl (C=O) groups is 2. The highest BCUT2D eigenvalue weighted by atomic mass is 35.5. The van der Waals surface area contributed by atoms with Crippen molar-refractivity contribution < 1.29 is 14.7 Å². The second-order valence-electron chi connectivity index (χ2n) is 7.07. The molecular weight excluding hydrogens is 415 g/mol. The van der Waals surface area contributed by atoms with Crippen LogP contribution >= 0.6 is 23.2 Å². The van der Waals surface area contributed by atoms with Crippen molar-refractivity contribution in [3.8, 4) is 0 Å². The van der Waals surface area contributed by atoms with Gasteiger partial charge in [-0.1, -0.05) is 35.3 Å². The molecule has 1 aliphatic rings. The fourth-order valence-electron chi connectivity index (χ4n) is 3.56. The van der Waals surface area contributed by atoms with Gasteiger partial charge in [-0.15, -0.1) is 0 Å². The van der Waals surface area contributed by atoms with Gasteiger partial charge in [-0.3, -0.25) is 9.59 Å². The Labute approximate surface area is 175 Å². The number of hydrogen-bond donors (Lipinski definition) is 3. The van der Waals surface area contributed by atoms with E-state index < -0.39 is 11.5 Å². The maximum Gasteiger partial charge on any atom is 0.341 e. The number of H-pyrrole nitrogens is 1. The molecule has 1 heterocycles. The number of amides is 1. The van der Waals surface area contributed by atoms with E-state index in [1.807, 2.05) is 18.2 Å². The van der Waals surface area contributed by atoms with E-state index in [9.17, 15) is 14.4 Å². The summed E-state index contributed by atoms with van der Waals surface area (Å²) in [6.45, 7) is 0.164. The number of aromatic amines is 1. The van der Waals surface area contributed by atoms with E-state index in [0.29, 0.717) is 26.5 Å². The molecule has 148 valence electrons. The summed E-state index contributed by atoms with van der Waals surface area (Å²) in [6.07, 6.45) is 0.751. The molecule has 0 spiro atoms. The third kappa shape index (κ3) is 3.99. The average Bonchev–Trinajstić information content (AvgIpc) is 3.46. The quantitative estimate of drug-likeness (QED) is 0.570. The maximum absolute atomic E-state index is 12.6. The topological polar surface area (TPSA) is 99.3 Å². The van der Waals surface area contributed by atoms with Crippen molar-refractivity contribution in [1.29, 1.82) is 0 Å². The first-order chi connectivity index (χ1) is 13.8. The van der Waals surface area contributed by atoms with Gasteiger partial charge in [0.05, 0.1) is 5.52 Å². The van der Waals surface area contributed by atoms with Crippen LogP contribution in [0.5, 0.6) is 0 Å². The average molecular weight is 431 g/mol. The number of nitrogens with one attached hydrogen (secondary N) is 2. The number of fused-ring (bicyclic) bond motifs is 1. The lowest BCUT2D eigenvalue weighted by Gasteiger charge is -2.10. The molecule has 1 aromatic heterocycles. The number of benzene rings is 2. The van der Waals surface area contributed by atoms with E-state index in [1.54, 1.807) is 18.2 Å². The van der Waals surface area contributed by atoms with Crippen LogP contribution in [-0.4, -0.2) is 22.0 Å². The van der Waals surface area contributed by atoms with Crippen molar-refractivity contribution in [2.75, 3.05) is 0 Å². The van der Waals surface area contributed by atoms with Crippen LogP contribution < -0.4 is 10.9 Å². The molecule has 4 rings (SSSR count). The molecule has 8 heteroatoms. The third-order valence-electron chi connectivity index (χ3n) is 5.09. The van der Waals surface area contributed by atoms with Crippen LogP contribution in [0, 0.1) is 5.92 Å². The maximum atomic E-state index is 12.6. The van der Waals surface area contributed by atoms with Crippen molar-refractivity contribution in [2.24, 2.45) is 5.92 Å². The molecule has 1 amide bonds. The van der Waals surface area contributed by atoms with Crippen LogP contribution in [0.3, 0.4) is 0 Å². The minimum Gasteiger partial charge on any atom is -0.477 e. The van der Waals surface area contributed by atoms with Gasteiger partial charge in [0.1, 0.15) is 5.56 Å². The van der Waals surface area contributed by atoms with Gasteiger partial charge in [0.25, 0.3) is 5.56 Å². The van der Waals surface area contributed by atoms with Crippen LogP contribution in [0.15, 0.2) is 47.3 Å². The van der Waals surface area contributed by atoms with Gasteiger partial charge in [0.15, 0.2) is 0 Å². The second-order valence-corrected chi connectivity index (χ2v) is 7.94. The molecule has 6 nitrogen and oxygen atoms in total.